The van der Waals surface area contributed by atoms with Crippen LogP contribution in [0.25, 0.3) is 0 Å². The molecule has 0 saturated heterocycles. The summed E-state index contributed by atoms with van der Waals surface area (Å²) in [4.78, 5) is 0. The summed E-state index contributed by atoms with van der Waals surface area (Å²) in [6.45, 7) is 5.96. The Balaban J connectivity index is 3.19. The second-order valence-corrected chi connectivity index (χ2v) is 6.35. The van der Waals surface area contributed by atoms with Crippen LogP contribution in [0.4, 0.5) is 0 Å². The molecule has 0 aromatic carbocycles. The summed E-state index contributed by atoms with van der Waals surface area (Å²) in [6.07, 6.45) is 1.70. The van der Waals surface area contributed by atoms with Crippen molar-refractivity contribution in [2.75, 3.05) is 0 Å². The van der Waals surface area contributed by atoms with E-state index in [1.807, 2.05) is 20.8 Å². The van der Waals surface area contributed by atoms with E-state index in [0.717, 1.165) is 5.69 Å². The van der Waals surface area contributed by atoms with E-state index in [-0.39, 0.29) is 11.2 Å². The van der Waals surface area contributed by atoms with Crippen molar-refractivity contribution in [2.24, 2.45) is 12.2 Å². The van der Waals surface area contributed by atoms with E-state index < -0.39 is 10.0 Å². The first kappa shape index (κ1) is 12.2. The molecule has 1 aromatic heterocycles. The second kappa shape index (κ2) is 3.61. The Bertz CT molecular complexity index is 454. The van der Waals surface area contributed by atoms with Crippen LogP contribution in [0.1, 0.15) is 32.0 Å². The first-order chi connectivity index (χ1) is 6.59. The van der Waals surface area contributed by atoms with Crippen LogP contribution in [0.5, 0.6) is 0 Å². The Morgan fingerprint density at radius 3 is 2.40 bits per heavy atom. The van der Waals surface area contributed by atoms with Crippen LogP contribution < -0.4 is 5.14 Å². The molecule has 0 saturated carbocycles. The Labute approximate surface area is 90.3 Å². The maximum Gasteiger partial charge on any atom is 0.213 e. The van der Waals surface area contributed by atoms with Crippen LogP contribution in [0, 0.1) is 0 Å². The van der Waals surface area contributed by atoms with E-state index in [1.165, 1.54) is 0 Å². The lowest BCUT2D eigenvalue weighted by atomic mass is 9.90. The minimum atomic E-state index is -3.50. The molecule has 0 atom stereocenters. The van der Waals surface area contributed by atoms with Crippen LogP contribution in [0.2, 0.25) is 0 Å². The van der Waals surface area contributed by atoms with Gasteiger partial charge in [0, 0.05) is 24.2 Å². The number of nitrogens with zero attached hydrogens (tertiary/aromatic N) is 2. The van der Waals surface area contributed by atoms with Crippen molar-refractivity contribution >= 4 is 10.0 Å². The van der Waals surface area contributed by atoms with Gasteiger partial charge in [0.05, 0.1) is 11.4 Å². The van der Waals surface area contributed by atoms with Crippen molar-refractivity contribution in [3.63, 3.8) is 0 Å². The van der Waals surface area contributed by atoms with Gasteiger partial charge in [-0.1, -0.05) is 20.8 Å². The molecule has 0 bridgehead atoms. The monoisotopic (exact) mass is 231 g/mol. The van der Waals surface area contributed by atoms with E-state index in [2.05, 4.69) is 5.10 Å². The summed E-state index contributed by atoms with van der Waals surface area (Å²) in [5.74, 6) is -0.159. The molecule has 1 aromatic rings. The van der Waals surface area contributed by atoms with Gasteiger partial charge in [-0.2, -0.15) is 5.10 Å². The highest BCUT2D eigenvalue weighted by Gasteiger charge is 2.23. The Morgan fingerprint density at radius 2 is 2.00 bits per heavy atom. The molecule has 0 fully saturated rings. The predicted molar refractivity (Wildman–Crippen MR) is 58.7 cm³/mol. The molecule has 6 heteroatoms. The van der Waals surface area contributed by atoms with E-state index in [1.54, 1.807) is 17.9 Å². The van der Waals surface area contributed by atoms with Gasteiger partial charge in [-0.3, -0.25) is 4.68 Å². The highest BCUT2D eigenvalue weighted by molar-refractivity contribution is 7.88. The summed E-state index contributed by atoms with van der Waals surface area (Å²) in [5, 5.41) is 9.29. The van der Waals surface area contributed by atoms with Crippen molar-refractivity contribution in [1.29, 1.82) is 0 Å². The lowest BCUT2D eigenvalue weighted by molar-refractivity contribution is 0.549. The molecule has 2 N–H and O–H groups in total. The largest absolute Gasteiger partial charge is 0.275 e. The van der Waals surface area contributed by atoms with Crippen molar-refractivity contribution in [2.45, 2.75) is 31.9 Å². The van der Waals surface area contributed by atoms with E-state index in [4.69, 9.17) is 5.14 Å². The molecule has 0 aliphatic carbocycles. The molecular weight excluding hydrogens is 214 g/mol. The van der Waals surface area contributed by atoms with Crippen LogP contribution in [0.15, 0.2) is 6.20 Å². The fraction of sp³-hybridized carbons (Fsp3) is 0.667. The van der Waals surface area contributed by atoms with Gasteiger partial charge in [0.1, 0.15) is 0 Å². The lowest BCUT2D eigenvalue weighted by Gasteiger charge is -2.16. The highest BCUT2D eigenvalue weighted by Crippen LogP contribution is 2.24. The quantitative estimate of drug-likeness (QED) is 0.805. The highest BCUT2D eigenvalue weighted by atomic mass is 32.2. The number of hydrogen-bond acceptors (Lipinski definition) is 3. The number of sulfonamides is 1. The van der Waals surface area contributed by atoms with Gasteiger partial charge in [-0.25, -0.2) is 13.6 Å². The van der Waals surface area contributed by atoms with Gasteiger partial charge in [0.15, 0.2) is 0 Å². The van der Waals surface area contributed by atoms with Gasteiger partial charge < -0.3 is 0 Å². The Hall–Kier alpha value is -0.880. The zero-order valence-electron chi connectivity index (χ0n) is 9.48. The normalized spacial score (nSPS) is 13.1. The van der Waals surface area contributed by atoms with E-state index >= 15 is 0 Å². The third-order valence-corrected chi connectivity index (χ3v) is 2.69. The number of rotatable bonds is 2. The van der Waals surface area contributed by atoms with E-state index in [9.17, 15) is 8.42 Å². The molecule has 1 rings (SSSR count). The van der Waals surface area contributed by atoms with Crippen LogP contribution in [-0.4, -0.2) is 18.2 Å². The number of aromatic nitrogens is 2. The fourth-order valence-electron chi connectivity index (χ4n) is 1.49. The second-order valence-electron chi connectivity index (χ2n) is 4.73. The fourth-order valence-corrected chi connectivity index (χ4v) is 2.14. The van der Waals surface area contributed by atoms with Crippen molar-refractivity contribution in [3.05, 3.63) is 17.5 Å². The van der Waals surface area contributed by atoms with Crippen molar-refractivity contribution < 1.29 is 8.42 Å². The molecule has 0 amide bonds. The molecule has 5 nitrogen and oxygen atoms in total. The van der Waals surface area contributed by atoms with Gasteiger partial charge in [-0.15, -0.1) is 0 Å². The molecular formula is C9H17N3O2S. The Kier molecular flexibility index (Phi) is 2.93. The van der Waals surface area contributed by atoms with E-state index in [0.29, 0.717) is 5.56 Å². The lowest BCUT2D eigenvalue weighted by Crippen LogP contribution is -2.19. The summed E-state index contributed by atoms with van der Waals surface area (Å²) in [6, 6.07) is 0. The standard InChI is InChI=1S/C9H17N3O2S/c1-9(2,3)8-7(5-12(4)11-8)6-15(10,13)14/h5H,6H2,1-4H3,(H2,10,13,14). The minimum absolute atomic E-state index is 0.159. The topological polar surface area (TPSA) is 78.0 Å². The van der Waals surface area contributed by atoms with Gasteiger partial charge >= 0.3 is 0 Å². The summed E-state index contributed by atoms with van der Waals surface area (Å²) in [5.41, 5.74) is 1.27. The third-order valence-electron chi connectivity index (χ3n) is 1.97. The number of nitrogens with two attached hydrogens (primary N) is 1. The van der Waals surface area contributed by atoms with Gasteiger partial charge in [-0.05, 0) is 0 Å². The van der Waals surface area contributed by atoms with Crippen molar-refractivity contribution in [3.8, 4) is 0 Å². The maximum absolute atomic E-state index is 11.0. The van der Waals surface area contributed by atoms with Gasteiger partial charge in [0.2, 0.25) is 10.0 Å². The molecule has 15 heavy (non-hydrogen) atoms. The zero-order valence-corrected chi connectivity index (χ0v) is 10.3. The smallest absolute Gasteiger partial charge is 0.213 e. The Morgan fingerprint density at radius 1 is 1.47 bits per heavy atom. The molecule has 86 valence electrons. The summed E-state index contributed by atoms with van der Waals surface area (Å²) >= 11 is 0. The third kappa shape index (κ3) is 3.32. The maximum atomic E-state index is 11.0. The zero-order chi connectivity index (χ0) is 11.9. The van der Waals surface area contributed by atoms with Crippen LogP contribution in [-0.2, 0) is 28.2 Å². The minimum Gasteiger partial charge on any atom is -0.275 e. The molecule has 0 spiro atoms. The molecule has 0 unspecified atom stereocenters. The molecule has 0 aliphatic rings. The van der Waals surface area contributed by atoms with Gasteiger partial charge in [0.25, 0.3) is 0 Å². The number of primary sulfonamides is 1. The summed E-state index contributed by atoms with van der Waals surface area (Å²) in [7, 11) is -1.73. The average Bonchev–Trinajstić information content (AvgIpc) is 2.25. The first-order valence-electron chi connectivity index (χ1n) is 4.63. The SMILES string of the molecule is Cn1cc(CS(N)(=O)=O)c(C(C)(C)C)n1. The number of aryl methyl sites for hydroxylation is 1. The predicted octanol–water partition coefficient (Wildman–Crippen LogP) is 0.506. The van der Waals surface area contributed by atoms with Crippen molar-refractivity contribution in [1.82, 2.24) is 9.78 Å². The number of hydrogen-bond donors (Lipinski definition) is 1. The molecule has 1 heterocycles. The molecule has 0 aliphatic heterocycles. The summed E-state index contributed by atoms with van der Waals surface area (Å²) < 4.78 is 23.7. The van der Waals surface area contributed by atoms with Crippen LogP contribution >= 0.6 is 0 Å². The molecule has 0 radical (unpaired) electrons. The first-order valence-corrected chi connectivity index (χ1v) is 6.34. The average molecular weight is 231 g/mol. The van der Waals surface area contributed by atoms with Crippen LogP contribution in [0.3, 0.4) is 0 Å².